The van der Waals surface area contributed by atoms with Gasteiger partial charge in [-0.05, 0) is 118 Å². The zero-order valence-electron chi connectivity index (χ0n) is 34.2. The first kappa shape index (κ1) is 42.7. The van der Waals surface area contributed by atoms with Crippen molar-refractivity contribution >= 4 is 12.2 Å². The van der Waals surface area contributed by atoms with Crippen molar-refractivity contribution in [3.8, 4) is 11.5 Å². The van der Waals surface area contributed by atoms with Gasteiger partial charge in [0.25, 0.3) is 0 Å². The molecular weight excluding hydrogens is 657 g/mol. The van der Waals surface area contributed by atoms with Crippen LogP contribution in [0.3, 0.4) is 0 Å². The van der Waals surface area contributed by atoms with Crippen LogP contribution in [-0.2, 0) is 25.7 Å². The number of rotatable bonds is 22. The molecule has 6 heteroatoms. The Bertz CT molecular complexity index is 1270. The van der Waals surface area contributed by atoms with Crippen molar-refractivity contribution in [3.63, 3.8) is 0 Å². The minimum absolute atomic E-state index is 0.362. The smallest absolute Gasteiger partial charge is 0.410 e. The van der Waals surface area contributed by atoms with Crippen LogP contribution in [0.25, 0.3) is 0 Å². The van der Waals surface area contributed by atoms with Crippen molar-refractivity contribution in [1.29, 1.82) is 0 Å². The normalized spacial score (nSPS) is 16.5. The van der Waals surface area contributed by atoms with Crippen molar-refractivity contribution in [2.75, 3.05) is 0 Å². The van der Waals surface area contributed by atoms with Crippen LogP contribution in [0, 0.1) is 0 Å². The summed E-state index contributed by atoms with van der Waals surface area (Å²) in [5.41, 5.74) is 4.15. The van der Waals surface area contributed by atoms with Crippen molar-refractivity contribution in [2.45, 2.75) is 212 Å². The second-order valence-electron chi connectivity index (χ2n) is 16.5. The molecule has 4 rings (SSSR count). The van der Waals surface area contributed by atoms with Crippen molar-refractivity contribution in [3.05, 3.63) is 58.7 Å². The van der Waals surface area contributed by atoms with E-state index in [1.165, 1.54) is 60.8 Å². The highest BCUT2D eigenvalue weighted by molar-refractivity contribution is 5.73. The van der Waals surface area contributed by atoms with E-state index < -0.39 is 11.1 Å². The molecule has 2 N–H and O–H groups in total. The molecule has 0 atom stereocenters. The topological polar surface area (TPSA) is 76.7 Å². The molecule has 2 aromatic rings. The third kappa shape index (κ3) is 13.7. The highest BCUT2D eigenvalue weighted by Gasteiger charge is 2.45. The zero-order chi connectivity index (χ0) is 37.8. The van der Waals surface area contributed by atoms with E-state index >= 15 is 0 Å². The second-order valence-corrected chi connectivity index (χ2v) is 16.5. The van der Waals surface area contributed by atoms with Gasteiger partial charge in [-0.25, -0.2) is 9.59 Å². The molecule has 6 nitrogen and oxygen atoms in total. The number of hydrogen-bond acceptors (Lipinski definition) is 4. The Kier molecular flexibility index (Phi) is 18.6. The standard InChI is InChI=1S/C47H74N2O4/c1-5-9-15-25-38-27-23-31-42(40(38)29-17-11-7-3)52-44(50)48-46(33-19-13-20-34-46)37-47(35-21-14-22-36-47)49-45(51)53-43-32-24-28-39(26-16-10-6-2)41(43)30-18-12-8-4/h23-24,27-28,31-32H,5-22,25-26,29-30,33-37H2,1-4H3,(H,48,50)(H,49,51). The Morgan fingerprint density at radius 3 is 1.23 bits per heavy atom. The van der Waals surface area contributed by atoms with Gasteiger partial charge in [-0.3, -0.25) is 0 Å². The third-order valence-corrected chi connectivity index (χ3v) is 12.1. The van der Waals surface area contributed by atoms with Crippen molar-refractivity contribution in [1.82, 2.24) is 10.6 Å². The van der Waals surface area contributed by atoms with Gasteiger partial charge < -0.3 is 20.1 Å². The monoisotopic (exact) mass is 731 g/mol. The van der Waals surface area contributed by atoms with Gasteiger partial charge in [0, 0.05) is 11.1 Å². The number of unbranched alkanes of at least 4 members (excludes halogenated alkanes) is 8. The molecule has 2 aromatic carbocycles. The van der Waals surface area contributed by atoms with Crippen molar-refractivity contribution in [2.24, 2.45) is 0 Å². The van der Waals surface area contributed by atoms with E-state index in [1.807, 2.05) is 24.3 Å². The highest BCUT2D eigenvalue weighted by atomic mass is 16.6. The van der Waals surface area contributed by atoms with Gasteiger partial charge in [0.05, 0.1) is 0 Å². The summed E-state index contributed by atoms with van der Waals surface area (Å²) in [5.74, 6) is 1.42. The lowest BCUT2D eigenvalue weighted by Crippen LogP contribution is -2.60. The average molecular weight is 731 g/mol. The minimum atomic E-state index is -0.439. The molecule has 0 unspecified atom stereocenters. The molecule has 2 fully saturated rings. The van der Waals surface area contributed by atoms with Gasteiger partial charge in [0.1, 0.15) is 11.5 Å². The summed E-state index contributed by atoms with van der Waals surface area (Å²) in [6.45, 7) is 8.94. The Morgan fingerprint density at radius 2 is 0.868 bits per heavy atom. The number of carbonyl (C=O) groups is 2. The molecule has 2 aliphatic carbocycles. The number of nitrogens with one attached hydrogen (secondary N) is 2. The van der Waals surface area contributed by atoms with Gasteiger partial charge in [-0.1, -0.05) is 142 Å². The summed E-state index contributed by atoms with van der Waals surface area (Å²) in [4.78, 5) is 28.0. The zero-order valence-corrected chi connectivity index (χ0v) is 34.2. The van der Waals surface area contributed by atoms with E-state index in [2.05, 4.69) is 50.5 Å². The fourth-order valence-corrected chi connectivity index (χ4v) is 9.16. The predicted octanol–water partition coefficient (Wildman–Crippen LogP) is 13.3. The van der Waals surface area contributed by atoms with Gasteiger partial charge in [-0.2, -0.15) is 0 Å². The van der Waals surface area contributed by atoms with Crippen LogP contribution in [0.1, 0.15) is 198 Å². The number of carbonyl (C=O) groups excluding carboxylic acids is 2. The molecule has 0 aromatic heterocycles. The fraction of sp³-hybridized carbons (Fsp3) is 0.702. The van der Waals surface area contributed by atoms with Gasteiger partial charge in [0.15, 0.2) is 0 Å². The van der Waals surface area contributed by atoms with Crippen LogP contribution in [0.4, 0.5) is 9.59 Å². The van der Waals surface area contributed by atoms with Crippen LogP contribution >= 0.6 is 0 Å². The molecule has 0 saturated heterocycles. The molecule has 0 radical (unpaired) electrons. The number of benzene rings is 2. The Morgan fingerprint density at radius 1 is 0.509 bits per heavy atom. The predicted molar refractivity (Wildman–Crippen MR) is 220 cm³/mol. The maximum absolute atomic E-state index is 14.0. The molecule has 0 bridgehead atoms. The Balaban J connectivity index is 1.53. The van der Waals surface area contributed by atoms with Crippen LogP contribution in [0.2, 0.25) is 0 Å². The minimum Gasteiger partial charge on any atom is -0.410 e. The number of ether oxygens (including phenoxy) is 2. The van der Waals surface area contributed by atoms with Gasteiger partial charge in [-0.15, -0.1) is 0 Å². The van der Waals surface area contributed by atoms with E-state index in [1.54, 1.807) is 0 Å². The van der Waals surface area contributed by atoms with E-state index in [9.17, 15) is 9.59 Å². The summed E-state index contributed by atoms with van der Waals surface area (Å²) in [5, 5.41) is 6.92. The molecule has 2 amide bonds. The van der Waals surface area contributed by atoms with Crippen LogP contribution in [0.15, 0.2) is 36.4 Å². The lowest BCUT2D eigenvalue weighted by atomic mass is 9.68. The molecule has 0 heterocycles. The summed E-state index contributed by atoms with van der Waals surface area (Å²) in [7, 11) is 0. The van der Waals surface area contributed by atoms with Gasteiger partial charge in [0.2, 0.25) is 0 Å². The largest absolute Gasteiger partial charge is 0.413 e. The SMILES string of the molecule is CCCCCc1cccc(OC(=O)NC2(CC3(NC(=O)Oc4cccc(CCCCC)c4CCCCC)CCCCC3)CCCCC2)c1CCCCC. The number of amides is 2. The van der Waals surface area contributed by atoms with Gasteiger partial charge >= 0.3 is 12.2 Å². The maximum Gasteiger partial charge on any atom is 0.413 e. The Labute approximate surface area is 323 Å². The summed E-state index contributed by atoms with van der Waals surface area (Å²) in [6, 6.07) is 12.5. The molecule has 0 spiro atoms. The molecule has 2 aliphatic rings. The Hall–Kier alpha value is -3.02. The fourth-order valence-electron chi connectivity index (χ4n) is 9.16. The third-order valence-electron chi connectivity index (χ3n) is 12.1. The molecule has 53 heavy (non-hydrogen) atoms. The number of aryl methyl sites for hydroxylation is 2. The molecule has 296 valence electrons. The van der Waals surface area contributed by atoms with E-state index in [-0.39, 0.29) is 12.2 Å². The molecular formula is C47H74N2O4. The first-order valence-electron chi connectivity index (χ1n) is 22.1. The number of hydrogen-bond donors (Lipinski definition) is 2. The summed E-state index contributed by atoms with van der Waals surface area (Å²) < 4.78 is 12.5. The quantitative estimate of drug-likeness (QED) is 0.118. The lowest BCUT2D eigenvalue weighted by Gasteiger charge is -2.47. The van der Waals surface area contributed by atoms with Crippen molar-refractivity contribution < 1.29 is 19.1 Å². The van der Waals surface area contributed by atoms with Crippen LogP contribution in [0.5, 0.6) is 11.5 Å². The average Bonchev–Trinajstić information content (AvgIpc) is 3.14. The summed E-state index contributed by atoms with van der Waals surface area (Å²) in [6.07, 6.45) is 27.9. The second kappa shape index (κ2) is 23.0. The van der Waals surface area contributed by atoms with Crippen LogP contribution in [-0.4, -0.2) is 23.3 Å². The maximum atomic E-state index is 14.0. The first-order valence-corrected chi connectivity index (χ1v) is 22.1. The molecule has 2 saturated carbocycles. The van der Waals surface area contributed by atoms with E-state index in [0.717, 1.165) is 128 Å². The van der Waals surface area contributed by atoms with Crippen LogP contribution < -0.4 is 20.1 Å². The highest BCUT2D eigenvalue weighted by Crippen LogP contribution is 2.41. The lowest BCUT2D eigenvalue weighted by molar-refractivity contribution is 0.107. The van der Waals surface area contributed by atoms with E-state index in [4.69, 9.17) is 9.47 Å². The summed E-state index contributed by atoms with van der Waals surface area (Å²) >= 11 is 0. The first-order chi connectivity index (χ1) is 25.9. The molecule has 0 aliphatic heterocycles. The van der Waals surface area contributed by atoms with E-state index in [0.29, 0.717) is 17.9 Å².